The number of para-hydroxylation sites is 1. The van der Waals surface area contributed by atoms with Crippen molar-refractivity contribution in [2.45, 2.75) is 52.4 Å². The lowest BCUT2D eigenvalue weighted by molar-refractivity contribution is 0.590. The second-order valence-corrected chi connectivity index (χ2v) is 26.4. The van der Waals surface area contributed by atoms with Crippen LogP contribution in [0.2, 0.25) is 0 Å². The van der Waals surface area contributed by atoms with Gasteiger partial charge in [-0.3, -0.25) is 0 Å². The summed E-state index contributed by atoms with van der Waals surface area (Å²) in [6.07, 6.45) is 9.98. The first-order chi connectivity index (χ1) is 41.4. The molecule has 5 aliphatic rings. The summed E-state index contributed by atoms with van der Waals surface area (Å²) in [4.78, 5) is 16.5. The molecule has 85 heavy (non-hydrogen) atoms. The summed E-state index contributed by atoms with van der Waals surface area (Å²) in [5.41, 5.74) is 22.8. The van der Waals surface area contributed by atoms with Gasteiger partial charge in [0, 0.05) is 62.5 Å². The Bertz CT molecular complexity index is 5200. The van der Waals surface area contributed by atoms with Crippen LogP contribution in [0.25, 0.3) is 98.6 Å². The van der Waals surface area contributed by atoms with Gasteiger partial charge in [-0.05, 0) is 164 Å². The molecule has 4 nitrogen and oxygen atoms in total. The van der Waals surface area contributed by atoms with Crippen molar-refractivity contribution in [3.63, 3.8) is 0 Å². The average Bonchev–Trinajstić information content (AvgIpc) is 0.711. The molecule has 0 N–H and O–H groups in total. The summed E-state index contributed by atoms with van der Waals surface area (Å²) in [6, 6.07) is 80.3. The van der Waals surface area contributed by atoms with Gasteiger partial charge in [0.2, 0.25) is 6.71 Å². The topological polar surface area (TPSA) is 32.3 Å². The van der Waals surface area contributed by atoms with Crippen LogP contribution >= 0.6 is 0 Å². The van der Waals surface area contributed by atoms with E-state index in [1.807, 2.05) is 0 Å². The van der Waals surface area contributed by atoms with E-state index in [-0.39, 0.29) is 29.4 Å². The number of hydrogen-bond acceptors (Lipinski definition) is 4. The molecule has 0 amide bonds. The maximum absolute atomic E-state index is 5.68. The Morgan fingerprint density at radius 3 is 1.68 bits per heavy atom. The quantitative estimate of drug-likeness (QED) is 0.0999. The SMILES string of the molecule is CC(C)(C)c1ccc(N2C3=C(B4c5c2cc(-c2nc(-c6ccccc6)c6ccccc6n2)cc5N(c2ccc(C(C)(C)C)cc2)c2cc5c6cccc7cccc(c8cccc(c24)c85)c76)C2C=CC=C4c5cccc6cccc(c56)C(=C3)C42)cc1. The van der Waals surface area contributed by atoms with Crippen LogP contribution in [-0.2, 0) is 10.8 Å². The Morgan fingerprint density at radius 2 is 0.988 bits per heavy atom. The fraction of sp³-hybridized carbons (Fsp3) is 0.125. The number of fused-ring (bicyclic) bond motifs is 10. The molecule has 2 unspecified atom stereocenters. The first kappa shape index (κ1) is 48.7. The Morgan fingerprint density at radius 1 is 0.435 bits per heavy atom. The molecular formula is C80H59BN4. The molecule has 3 heterocycles. The van der Waals surface area contributed by atoms with Crippen molar-refractivity contribution in [1.29, 1.82) is 0 Å². The first-order valence-corrected chi connectivity index (χ1v) is 30.3. The predicted molar refractivity (Wildman–Crippen MR) is 360 cm³/mol. The summed E-state index contributed by atoms with van der Waals surface area (Å²) in [6.45, 7) is 13.7. The van der Waals surface area contributed by atoms with E-state index in [1.54, 1.807) is 0 Å². The smallest absolute Gasteiger partial charge is 0.249 e. The second-order valence-electron chi connectivity index (χ2n) is 26.4. The molecule has 0 fully saturated rings. The van der Waals surface area contributed by atoms with Crippen molar-refractivity contribution in [2.24, 2.45) is 11.8 Å². The van der Waals surface area contributed by atoms with Crippen LogP contribution in [0.5, 0.6) is 0 Å². The zero-order valence-electron chi connectivity index (χ0n) is 48.5. The van der Waals surface area contributed by atoms with E-state index in [4.69, 9.17) is 9.97 Å². The number of aromatic nitrogens is 2. The zero-order valence-corrected chi connectivity index (χ0v) is 48.5. The van der Waals surface area contributed by atoms with Crippen molar-refractivity contribution < 1.29 is 0 Å². The van der Waals surface area contributed by atoms with Crippen LogP contribution in [0.4, 0.5) is 28.4 Å². The van der Waals surface area contributed by atoms with Crippen LogP contribution in [0, 0.1) is 11.8 Å². The molecule has 2 atom stereocenters. The van der Waals surface area contributed by atoms with Gasteiger partial charge < -0.3 is 9.80 Å². The van der Waals surface area contributed by atoms with Gasteiger partial charge in [0.15, 0.2) is 5.82 Å². The Labute approximate surface area is 495 Å². The summed E-state index contributed by atoms with van der Waals surface area (Å²) < 4.78 is 0. The zero-order chi connectivity index (χ0) is 56.8. The van der Waals surface area contributed by atoms with Crippen molar-refractivity contribution in [2.75, 3.05) is 9.80 Å². The molecule has 12 aromatic carbocycles. The molecule has 18 rings (SSSR count). The van der Waals surface area contributed by atoms with E-state index >= 15 is 0 Å². The molecule has 0 spiro atoms. The van der Waals surface area contributed by atoms with E-state index < -0.39 is 0 Å². The lowest BCUT2D eigenvalue weighted by atomic mass is 9.29. The lowest BCUT2D eigenvalue weighted by Crippen LogP contribution is -2.58. The van der Waals surface area contributed by atoms with Crippen molar-refractivity contribution >= 4 is 122 Å². The number of allylic oxidation sites excluding steroid dienone is 7. The third-order valence-electron chi connectivity index (χ3n) is 19.6. The number of hydrogen-bond donors (Lipinski definition) is 0. The van der Waals surface area contributed by atoms with Gasteiger partial charge in [-0.25, -0.2) is 9.97 Å². The highest BCUT2D eigenvalue weighted by molar-refractivity contribution is 6.97. The number of rotatable bonds is 4. The molecular weight excluding hydrogens is 1030 g/mol. The minimum atomic E-state index is -0.159. The normalized spacial score (nSPS) is 16.8. The van der Waals surface area contributed by atoms with E-state index in [9.17, 15) is 0 Å². The number of nitrogens with zero attached hydrogens (tertiary/aromatic N) is 4. The first-order valence-electron chi connectivity index (χ1n) is 30.3. The molecule has 2 aliphatic heterocycles. The van der Waals surface area contributed by atoms with Crippen LogP contribution < -0.4 is 20.7 Å². The van der Waals surface area contributed by atoms with Gasteiger partial charge in [-0.2, -0.15) is 0 Å². The summed E-state index contributed by atoms with van der Waals surface area (Å²) in [5.74, 6) is 0.828. The van der Waals surface area contributed by atoms with Gasteiger partial charge in [-0.15, -0.1) is 0 Å². The summed E-state index contributed by atoms with van der Waals surface area (Å²) in [7, 11) is 0. The monoisotopic (exact) mass is 1090 g/mol. The third-order valence-corrected chi connectivity index (χ3v) is 19.6. The average molecular weight is 1090 g/mol. The molecule has 402 valence electrons. The minimum absolute atomic E-state index is 0.0312. The lowest BCUT2D eigenvalue weighted by Gasteiger charge is -2.50. The molecule has 1 aromatic heterocycles. The maximum Gasteiger partial charge on any atom is 0.249 e. The van der Waals surface area contributed by atoms with Crippen molar-refractivity contribution in [3.05, 3.63) is 270 Å². The van der Waals surface area contributed by atoms with Crippen LogP contribution in [0.15, 0.2) is 248 Å². The van der Waals surface area contributed by atoms with Crippen LogP contribution in [0.3, 0.4) is 0 Å². The third kappa shape index (κ3) is 6.87. The van der Waals surface area contributed by atoms with Gasteiger partial charge in [0.25, 0.3) is 0 Å². The standard InChI is InChI=1S/C80H59BN4/c1-79(2,3)50-34-38-52(39-35-50)84-66-42-49(78-82-65-33-11-10-24-60(65)77(83-78)48-18-8-7-9-19-48)43-67-76(66)81(74-61-31-16-29-56-54-25-12-20-46-22-14-27-58(70(46)54)63(72(56)61)44-68(74)84)75-62-32-17-30-57-55-26-13-21-47-23-15-28-59(71(47)55)64(73(57)62)45-69(75)85(67)53-40-36-51(37-41-53)80(4,5)6/h7-45,61,72H,1-6H3. The van der Waals surface area contributed by atoms with Gasteiger partial charge >= 0.3 is 0 Å². The van der Waals surface area contributed by atoms with Crippen LogP contribution in [-0.4, -0.2) is 16.7 Å². The largest absolute Gasteiger partial charge is 0.312 e. The summed E-state index contributed by atoms with van der Waals surface area (Å²) >= 11 is 0. The van der Waals surface area contributed by atoms with E-state index in [2.05, 4.69) is 288 Å². The van der Waals surface area contributed by atoms with Gasteiger partial charge in [-0.1, -0.05) is 229 Å². The maximum atomic E-state index is 5.68. The Kier molecular flexibility index (Phi) is 9.95. The number of anilines is 5. The van der Waals surface area contributed by atoms with Gasteiger partial charge in [0.05, 0.1) is 11.2 Å². The second kappa shape index (κ2) is 17.4. The van der Waals surface area contributed by atoms with Crippen molar-refractivity contribution in [1.82, 2.24) is 9.97 Å². The predicted octanol–water partition coefficient (Wildman–Crippen LogP) is 19.4. The highest BCUT2D eigenvalue weighted by atomic mass is 15.2. The Balaban J connectivity index is 1.03. The fourth-order valence-corrected chi connectivity index (χ4v) is 15.8. The Hall–Kier alpha value is -9.84. The fourth-order valence-electron chi connectivity index (χ4n) is 15.8. The molecule has 0 saturated carbocycles. The molecule has 0 saturated heterocycles. The highest BCUT2D eigenvalue weighted by Crippen LogP contribution is 2.59. The highest BCUT2D eigenvalue weighted by Gasteiger charge is 2.52. The molecule has 13 aromatic rings. The molecule has 0 bridgehead atoms. The minimum Gasteiger partial charge on any atom is -0.312 e. The molecule has 0 radical (unpaired) electrons. The molecule has 3 aliphatic carbocycles. The van der Waals surface area contributed by atoms with E-state index in [1.165, 1.54) is 115 Å². The van der Waals surface area contributed by atoms with E-state index in [0.717, 1.165) is 50.5 Å². The molecule has 5 heteroatoms. The van der Waals surface area contributed by atoms with Gasteiger partial charge in [0.1, 0.15) is 0 Å². The van der Waals surface area contributed by atoms with Crippen LogP contribution in [0.1, 0.15) is 63.8 Å². The summed E-state index contributed by atoms with van der Waals surface area (Å²) in [5, 5.41) is 14.0. The number of benzene rings is 12. The van der Waals surface area contributed by atoms with Crippen molar-refractivity contribution in [3.8, 4) is 22.6 Å². The van der Waals surface area contributed by atoms with E-state index in [0.29, 0.717) is 5.82 Å².